The number of carbonyl (C=O) groups excluding carboxylic acids is 1. The molecule has 1 N–H and O–H groups in total. The van der Waals surface area contributed by atoms with Crippen molar-refractivity contribution in [3.63, 3.8) is 0 Å². The van der Waals surface area contributed by atoms with Gasteiger partial charge in [0.1, 0.15) is 11.5 Å². The molecule has 1 amide bonds. The molecule has 2 rings (SSSR count). The fraction of sp³-hybridized carbons (Fsp3) is 0.533. The maximum absolute atomic E-state index is 12.1. The van der Waals surface area contributed by atoms with Crippen molar-refractivity contribution in [3.8, 4) is 11.5 Å². The molecule has 6 nitrogen and oxygen atoms in total. The molecule has 0 atom stereocenters. The summed E-state index contributed by atoms with van der Waals surface area (Å²) >= 11 is 0. The van der Waals surface area contributed by atoms with Crippen LogP contribution in [0.2, 0.25) is 0 Å². The molecule has 0 aliphatic carbocycles. The van der Waals surface area contributed by atoms with Crippen LogP contribution in [0.5, 0.6) is 11.5 Å². The Kier molecular flexibility index (Phi) is 5.83. The Labute approximate surface area is 124 Å². The molecular weight excluding hydrogens is 272 g/mol. The van der Waals surface area contributed by atoms with E-state index in [0.717, 1.165) is 13.1 Å². The van der Waals surface area contributed by atoms with E-state index in [1.807, 2.05) is 12.1 Å². The first-order chi connectivity index (χ1) is 10.2. The fourth-order valence-corrected chi connectivity index (χ4v) is 2.29. The second-order valence-corrected chi connectivity index (χ2v) is 4.91. The number of rotatable bonds is 6. The van der Waals surface area contributed by atoms with Gasteiger partial charge in [-0.15, -0.1) is 0 Å². The molecule has 1 aromatic carbocycles. The van der Waals surface area contributed by atoms with Gasteiger partial charge >= 0.3 is 0 Å². The van der Waals surface area contributed by atoms with Crippen LogP contribution in [-0.2, 0) is 4.79 Å². The lowest BCUT2D eigenvalue weighted by Gasteiger charge is -2.34. The number of ether oxygens (including phenoxy) is 2. The maximum atomic E-state index is 12.1. The third kappa shape index (κ3) is 4.61. The van der Waals surface area contributed by atoms with Crippen LogP contribution in [0, 0.1) is 0 Å². The molecule has 0 saturated carbocycles. The normalized spacial score (nSPS) is 15.8. The van der Waals surface area contributed by atoms with Crippen LogP contribution >= 0.6 is 0 Å². The third-order valence-electron chi connectivity index (χ3n) is 3.54. The zero-order valence-electron chi connectivity index (χ0n) is 12.3. The first kappa shape index (κ1) is 15.6. The maximum Gasteiger partial charge on any atom is 0.260 e. The van der Waals surface area contributed by atoms with Crippen molar-refractivity contribution in [3.05, 3.63) is 24.3 Å². The molecule has 1 aliphatic heterocycles. The van der Waals surface area contributed by atoms with E-state index < -0.39 is 0 Å². The highest BCUT2D eigenvalue weighted by Gasteiger charge is 2.20. The van der Waals surface area contributed by atoms with Gasteiger partial charge in [-0.05, 0) is 12.1 Å². The van der Waals surface area contributed by atoms with Gasteiger partial charge in [0.15, 0.2) is 6.61 Å². The quantitative estimate of drug-likeness (QED) is 0.813. The number of hydrogen-bond acceptors (Lipinski definition) is 5. The summed E-state index contributed by atoms with van der Waals surface area (Å²) in [4.78, 5) is 16.0. The molecule has 0 unspecified atom stereocenters. The Morgan fingerprint density at radius 1 is 1.24 bits per heavy atom. The van der Waals surface area contributed by atoms with Gasteiger partial charge in [0, 0.05) is 38.8 Å². The average molecular weight is 294 g/mol. The smallest absolute Gasteiger partial charge is 0.260 e. The fourth-order valence-electron chi connectivity index (χ4n) is 2.29. The van der Waals surface area contributed by atoms with Gasteiger partial charge in [-0.2, -0.15) is 0 Å². The second-order valence-electron chi connectivity index (χ2n) is 4.91. The van der Waals surface area contributed by atoms with Crippen LogP contribution in [-0.4, -0.2) is 73.9 Å². The lowest BCUT2D eigenvalue weighted by molar-refractivity contribution is -0.135. The number of benzene rings is 1. The van der Waals surface area contributed by atoms with Gasteiger partial charge in [-0.1, -0.05) is 6.07 Å². The summed E-state index contributed by atoms with van der Waals surface area (Å²) in [5.74, 6) is 1.32. The number of methoxy groups -OCH3 is 1. The van der Waals surface area contributed by atoms with Crippen molar-refractivity contribution >= 4 is 5.91 Å². The number of nitrogens with zero attached hydrogens (tertiary/aromatic N) is 2. The number of amides is 1. The molecular formula is C15H22N2O4. The predicted molar refractivity (Wildman–Crippen MR) is 78.6 cm³/mol. The number of aliphatic hydroxyl groups excluding tert-OH is 1. The van der Waals surface area contributed by atoms with Gasteiger partial charge in [-0.25, -0.2) is 0 Å². The highest BCUT2D eigenvalue weighted by atomic mass is 16.5. The van der Waals surface area contributed by atoms with E-state index in [1.165, 1.54) is 0 Å². The summed E-state index contributed by atoms with van der Waals surface area (Å²) in [6.07, 6.45) is 0. The third-order valence-corrected chi connectivity index (χ3v) is 3.54. The van der Waals surface area contributed by atoms with Crippen molar-refractivity contribution in [2.24, 2.45) is 0 Å². The SMILES string of the molecule is COc1cccc(OCC(=O)N2CCN(CCO)CC2)c1. The van der Waals surface area contributed by atoms with Crippen molar-refractivity contribution in [1.82, 2.24) is 9.80 Å². The molecule has 6 heteroatoms. The van der Waals surface area contributed by atoms with Crippen molar-refractivity contribution < 1.29 is 19.4 Å². The van der Waals surface area contributed by atoms with Gasteiger partial charge in [-0.3, -0.25) is 9.69 Å². The number of piperazine rings is 1. The van der Waals surface area contributed by atoms with Gasteiger partial charge < -0.3 is 19.5 Å². The standard InChI is InChI=1S/C15H22N2O4/c1-20-13-3-2-4-14(11-13)21-12-15(19)17-7-5-16(6-8-17)9-10-18/h2-4,11,18H,5-10,12H2,1H3. The van der Waals surface area contributed by atoms with Gasteiger partial charge in [0.2, 0.25) is 0 Å². The monoisotopic (exact) mass is 294 g/mol. The van der Waals surface area contributed by atoms with Crippen LogP contribution < -0.4 is 9.47 Å². The van der Waals surface area contributed by atoms with E-state index >= 15 is 0 Å². The lowest BCUT2D eigenvalue weighted by atomic mass is 10.3. The number of β-amino-alcohol motifs (C(OH)–C–C–N with tert-alkyl or cyclic N) is 1. The molecule has 0 aromatic heterocycles. The van der Waals surface area contributed by atoms with E-state index in [4.69, 9.17) is 14.6 Å². The topological polar surface area (TPSA) is 62.2 Å². The molecule has 0 radical (unpaired) electrons. The van der Waals surface area contributed by atoms with Gasteiger partial charge in [0.05, 0.1) is 13.7 Å². The molecule has 21 heavy (non-hydrogen) atoms. The van der Waals surface area contributed by atoms with E-state index in [-0.39, 0.29) is 19.1 Å². The van der Waals surface area contributed by atoms with Crippen LogP contribution in [0.3, 0.4) is 0 Å². The van der Waals surface area contributed by atoms with E-state index in [0.29, 0.717) is 31.1 Å². The molecule has 1 saturated heterocycles. The molecule has 1 fully saturated rings. The van der Waals surface area contributed by atoms with Crippen LogP contribution in [0.15, 0.2) is 24.3 Å². The molecule has 0 bridgehead atoms. The molecule has 1 heterocycles. The molecule has 1 aromatic rings. The summed E-state index contributed by atoms with van der Waals surface area (Å²) < 4.78 is 10.6. The second kappa shape index (κ2) is 7.85. The predicted octanol–water partition coefficient (Wildman–Crippen LogP) is 0.210. The van der Waals surface area contributed by atoms with Crippen LogP contribution in [0.25, 0.3) is 0 Å². The summed E-state index contributed by atoms with van der Waals surface area (Å²) in [6, 6.07) is 7.21. The summed E-state index contributed by atoms with van der Waals surface area (Å²) in [7, 11) is 1.59. The average Bonchev–Trinajstić information content (AvgIpc) is 2.54. The van der Waals surface area contributed by atoms with Gasteiger partial charge in [0.25, 0.3) is 5.91 Å². The largest absolute Gasteiger partial charge is 0.497 e. The summed E-state index contributed by atoms with van der Waals surface area (Å²) in [5.41, 5.74) is 0. The highest BCUT2D eigenvalue weighted by molar-refractivity contribution is 5.77. The van der Waals surface area contributed by atoms with Crippen molar-refractivity contribution in [2.45, 2.75) is 0 Å². The zero-order chi connectivity index (χ0) is 15.1. The number of aliphatic hydroxyl groups is 1. The minimum atomic E-state index is -0.0125. The number of carbonyl (C=O) groups is 1. The summed E-state index contributed by atoms with van der Waals surface area (Å²) in [5, 5.41) is 8.89. The van der Waals surface area contributed by atoms with Crippen LogP contribution in [0.1, 0.15) is 0 Å². The van der Waals surface area contributed by atoms with E-state index in [1.54, 1.807) is 24.1 Å². The zero-order valence-corrected chi connectivity index (χ0v) is 12.3. The highest BCUT2D eigenvalue weighted by Crippen LogP contribution is 2.18. The Hall–Kier alpha value is -1.79. The molecule has 0 spiro atoms. The Morgan fingerprint density at radius 2 is 1.95 bits per heavy atom. The Bertz CT molecular complexity index is 459. The van der Waals surface area contributed by atoms with Crippen LogP contribution in [0.4, 0.5) is 0 Å². The van der Waals surface area contributed by atoms with E-state index in [9.17, 15) is 4.79 Å². The Morgan fingerprint density at radius 3 is 2.62 bits per heavy atom. The first-order valence-corrected chi connectivity index (χ1v) is 7.11. The first-order valence-electron chi connectivity index (χ1n) is 7.11. The minimum Gasteiger partial charge on any atom is -0.497 e. The minimum absolute atomic E-state index is 0.0125. The van der Waals surface area contributed by atoms with E-state index in [2.05, 4.69) is 4.90 Å². The molecule has 116 valence electrons. The van der Waals surface area contributed by atoms with Crippen molar-refractivity contribution in [1.29, 1.82) is 0 Å². The Balaban J connectivity index is 1.77. The number of hydrogen-bond donors (Lipinski definition) is 1. The summed E-state index contributed by atoms with van der Waals surface area (Å²) in [6.45, 7) is 3.82. The lowest BCUT2D eigenvalue weighted by Crippen LogP contribution is -2.50. The molecule has 1 aliphatic rings. The van der Waals surface area contributed by atoms with Crippen molar-refractivity contribution in [2.75, 3.05) is 53.0 Å².